The number of carbonyl (C=O) groups excluding carboxylic acids is 2. The van der Waals surface area contributed by atoms with Crippen LogP contribution in [0.25, 0.3) is 10.9 Å². The Bertz CT molecular complexity index is 1500. The van der Waals surface area contributed by atoms with Gasteiger partial charge >= 0.3 is 11.7 Å². The number of ether oxygens (including phenoxy) is 1. The molecule has 0 saturated carbocycles. The Kier molecular flexibility index (Phi) is 5.70. The van der Waals surface area contributed by atoms with Gasteiger partial charge in [0.1, 0.15) is 11.4 Å². The standard InChI is InChI=1S/C24H22N4O5/c1-26-13-17(16-10-6-7-11-18(16)26)23(31)33-14-19(29)20-21(25)28(24(32)27(2)22(20)30)12-15-8-4-3-5-9-15/h3-11,13H,12,14,25H2,1-2H3. The van der Waals surface area contributed by atoms with E-state index in [-0.39, 0.29) is 12.4 Å². The van der Waals surface area contributed by atoms with Crippen LogP contribution in [-0.2, 0) is 25.4 Å². The Morgan fingerprint density at radius 3 is 2.36 bits per heavy atom. The van der Waals surface area contributed by atoms with Gasteiger partial charge in [0.2, 0.25) is 5.78 Å². The molecule has 0 spiro atoms. The van der Waals surface area contributed by atoms with Crippen LogP contribution < -0.4 is 17.0 Å². The number of carbonyl (C=O) groups is 2. The number of benzene rings is 2. The summed E-state index contributed by atoms with van der Waals surface area (Å²) in [5.41, 5.74) is 6.11. The maximum absolute atomic E-state index is 12.9. The van der Waals surface area contributed by atoms with Gasteiger partial charge < -0.3 is 15.0 Å². The maximum atomic E-state index is 12.9. The molecule has 4 aromatic rings. The Labute approximate surface area is 188 Å². The number of aromatic nitrogens is 3. The second-order valence-electron chi connectivity index (χ2n) is 7.65. The lowest BCUT2D eigenvalue weighted by atomic mass is 10.1. The Hall–Kier alpha value is -4.40. The van der Waals surface area contributed by atoms with Crippen molar-refractivity contribution < 1.29 is 14.3 Å². The number of hydrogen-bond donors (Lipinski definition) is 1. The van der Waals surface area contributed by atoms with Gasteiger partial charge in [-0.3, -0.25) is 18.7 Å². The molecule has 0 saturated heterocycles. The van der Waals surface area contributed by atoms with Crippen LogP contribution in [0, 0.1) is 0 Å². The molecular weight excluding hydrogens is 424 g/mol. The lowest BCUT2D eigenvalue weighted by molar-refractivity contribution is 0.0476. The zero-order valence-electron chi connectivity index (χ0n) is 18.1. The van der Waals surface area contributed by atoms with Gasteiger partial charge in [-0.2, -0.15) is 0 Å². The van der Waals surface area contributed by atoms with Crippen molar-refractivity contribution in [1.82, 2.24) is 13.7 Å². The highest BCUT2D eigenvalue weighted by Gasteiger charge is 2.24. The normalized spacial score (nSPS) is 11.0. The number of rotatable bonds is 6. The minimum atomic E-state index is -0.840. The van der Waals surface area contributed by atoms with E-state index < -0.39 is 35.2 Å². The molecule has 168 valence electrons. The van der Waals surface area contributed by atoms with Gasteiger partial charge in [0.25, 0.3) is 5.56 Å². The predicted molar refractivity (Wildman–Crippen MR) is 123 cm³/mol. The molecule has 0 fully saturated rings. The van der Waals surface area contributed by atoms with Gasteiger partial charge in [-0.15, -0.1) is 0 Å². The van der Waals surface area contributed by atoms with Crippen molar-refractivity contribution in [3.63, 3.8) is 0 Å². The highest BCUT2D eigenvalue weighted by atomic mass is 16.5. The van der Waals surface area contributed by atoms with Crippen molar-refractivity contribution in [2.45, 2.75) is 6.54 Å². The average molecular weight is 446 g/mol. The average Bonchev–Trinajstić information content (AvgIpc) is 3.16. The van der Waals surface area contributed by atoms with Crippen LogP contribution in [0.5, 0.6) is 0 Å². The van der Waals surface area contributed by atoms with Crippen LogP contribution in [0.4, 0.5) is 5.82 Å². The van der Waals surface area contributed by atoms with Crippen LogP contribution in [0.1, 0.15) is 26.3 Å². The van der Waals surface area contributed by atoms with E-state index in [0.29, 0.717) is 10.9 Å². The third kappa shape index (κ3) is 3.96. The summed E-state index contributed by atoms with van der Waals surface area (Å²) in [5, 5.41) is 0.685. The number of para-hydroxylation sites is 1. The van der Waals surface area contributed by atoms with Crippen LogP contribution in [0.3, 0.4) is 0 Å². The van der Waals surface area contributed by atoms with Gasteiger partial charge in [0.15, 0.2) is 6.61 Å². The summed E-state index contributed by atoms with van der Waals surface area (Å²) in [4.78, 5) is 50.8. The number of nitrogens with zero attached hydrogens (tertiary/aromatic N) is 3. The molecule has 0 radical (unpaired) electrons. The molecule has 9 heteroatoms. The minimum absolute atomic E-state index is 0.0791. The molecule has 0 atom stereocenters. The molecule has 9 nitrogen and oxygen atoms in total. The van der Waals surface area contributed by atoms with Crippen molar-refractivity contribution in [1.29, 1.82) is 0 Å². The van der Waals surface area contributed by atoms with E-state index in [1.807, 2.05) is 18.2 Å². The Morgan fingerprint density at radius 1 is 0.970 bits per heavy atom. The summed E-state index contributed by atoms with van der Waals surface area (Å²) >= 11 is 0. The molecule has 0 amide bonds. The first kappa shape index (κ1) is 21.8. The Morgan fingerprint density at radius 2 is 1.64 bits per heavy atom. The summed E-state index contributed by atoms with van der Waals surface area (Å²) in [6.07, 6.45) is 1.62. The number of anilines is 1. The van der Waals surface area contributed by atoms with E-state index >= 15 is 0 Å². The smallest absolute Gasteiger partial charge is 0.340 e. The first-order chi connectivity index (χ1) is 15.8. The predicted octanol–water partition coefficient (Wildman–Crippen LogP) is 1.71. The van der Waals surface area contributed by atoms with Gasteiger partial charge in [-0.05, 0) is 11.6 Å². The number of hydrogen-bond acceptors (Lipinski definition) is 6. The quantitative estimate of drug-likeness (QED) is 0.356. The van der Waals surface area contributed by atoms with E-state index in [1.165, 1.54) is 7.05 Å². The van der Waals surface area contributed by atoms with Crippen molar-refractivity contribution >= 4 is 28.5 Å². The molecule has 2 aromatic heterocycles. The molecule has 2 heterocycles. The molecule has 0 aliphatic heterocycles. The molecule has 2 N–H and O–H groups in total. The molecule has 0 aliphatic carbocycles. The first-order valence-electron chi connectivity index (χ1n) is 10.2. The summed E-state index contributed by atoms with van der Waals surface area (Å²) < 4.78 is 8.96. The SMILES string of the molecule is Cn1c(=O)c(C(=O)COC(=O)c2cn(C)c3ccccc23)c(N)n(Cc2ccccc2)c1=O. The molecule has 0 bridgehead atoms. The van der Waals surface area contributed by atoms with Crippen molar-refractivity contribution in [2.75, 3.05) is 12.3 Å². The second kappa shape index (κ2) is 8.62. The topological polar surface area (TPSA) is 118 Å². The summed E-state index contributed by atoms with van der Waals surface area (Å²) in [6, 6.07) is 16.3. The zero-order valence-corrected chi connectivity index (χ0v) is 18.1. The van der Waals surface area contributed by atoms with E-state index in [4.69, 9.17) is 10.5 Å². The van der Waals surface area contributed by atoms with Gasteiger partial charge in [-0.25, -0.2) is 9.59 Å². The zero-order chi connectivity index (χ0) is 23.7. The number of aryl methyl sites for hydroxylation is 1. The van der Waals surface area contributed by atoms with Crippen LogP contribution in [0.15, 0.2) is 70.4 Å². The first-order valence-corrected chi connectivity index (χ1v) is 10.2. The fraction of sp³-hybridized carbons (Fsp3) is 0.167. The van der Waals surface area contributed by atoms with Gasteiger partial charge in [-0.1, -0.05) is 48.5 Å². The van der Waals surface area contributed by atoms with Crippen molar-refractivity contribution in [2.24, 2.45) is 14.1 Å². The maximum Gasteiger partial charge on any atom is 0.340 e. The van der Waals surface area contributed by atoms with E-state index in [1.54, 1.807) is 54.2 Å². The summed E-state index contributed by atoms with van der Waals surface area (Å²) in [7, 11) is 3.06. The number of Topliss-reactive ketones (excluding diaryl/α,β-unsaturated/α-hetero) is 1. The van der Waals surface area contributed by atoms with E-state index in [0.717, 1.165) is 20.2 Å². The van der Waals surface area contributed by atoms with Crippen LogP contribution in [-0.4, -0.2) is 32.1 Å². The van der Waals surface area contributed by atoms with Gasteiger partial charge in [0.05, 0.1) is 12.1 Å². The summed E-state index contributed by atoms with van der Waals surface area (Å²) in [6.45, 7) is -0.610. The highest BCUT2D eigenvalue weighted by molar-refractivity contribution is 6.06. The lowest BCUT2D eigenvalue weighted by Gasteiger charge is -2.14. The van der Waals surface area contributed by atoms with E-state index in [9.17, 15) is 19.2 Å². The highest BCUT2D eigenvalue weighted by Crippen LogP contribution is 2.21. The van der Waals surface area contributed by atoms with Crippen molar-refractivity contribution in [3.05, 3.63) is 98.3 Å². The third-order valence-electron chi connectivity index (χ3n) is 5.50. The molecule has 2 aromatic carbocycles. The van der Waals surface area contributed by atoms with Crippen LogP contribution >= 0.6 is 0 Å². The molecule has 0 unspecified atom stereocenters. The van der Waals surface area contributed by atoms with Crippen molar-refractivity contribution in [3.8, 4) is 0 Å². The lowest BCUT2D eigenvalue weighted by Crippen LogP contribution is -2.43. The number of fused-ring (bicyclic) bond motifs is 1. The molecule has 0 aliphatic rings. The second-order valence-corrected chi connectivity index (χ2v) is 7.65. The largest absolute Gasteiger partial charge is 0.454 e. The fourth-order valence-electron chi connectivity index (χ4n) is 3.75. The fourth-order valence-corrected chi connectivity index (χ4v) is 3.75. The molecule has 33 heavy (non-hydrogen) atoms. The Balaban J connectivity index is 1.62. The minimum Gasteiger partial charge on any atom is -0.454 e. The monoisotopic (exact) mass is 446 g/mol. The number of esters is 1. The molecule has 4 rings (SSSR count). The van der Waals surface area contributed by atoms with E-state index in [2.05, 4.69) is 0 Å². The van der Waals surface area contributed by atoms with Gasteiger partial charge in [0, 0.05) is 31.2 Å². The third-order valence-corrected chi connectivity index (χ3v) is 5.50. The molecular formula is C24H22N4O5. The number of nitrogen functional groups attached to an aromatic ring is 1. The number of ketones is 1. The number of nitrogens with two attached hydrogens (primary N) is 1. The summed E-state index contributed by atoms with van der Waals surface area (Å²) in [5.74, 6) is -1.75. The van der Waals surface area contributed by atoms with Crippen LogP contribution in [0.2, 0.25) is 0 Å².